The van der Waals surface area contributed by atoms with Crippen LogP contribution in [0.1, 0.15) is 59.8 Å². The number of aryl methyl sites for hydroxylation is 1. The van der Waals surface area contributed by atoms with Gasteiger partial charge in [-0.25, -0.2) is 0 Å². The lowest BCUT2D eigenvalue weighted by molar-refractivity contribution is 0.0950. The first-order chi connectivity index (χ1) is 15.1. The van der Waals surface area contributed by atoms with Gasteiger partial charge in [0.2, 0.25) is 0 Å². The number of hydrogen-bond acceptors (Lipinski definition) is 4. The molecular formula is C24H36ClN5O2. The highest BCUT2D eigenvalue weighted by Crippen LogP contribution is 2.34. The number of aromatic amines is 1. The number of anilines is 1. The quantitative estimate of drug-likeness (QED) is 0.660. The van der Waals surface area contributed by atoms with Crippen molar-refractivity contribution in [1.82, 2.24) is 20.0 Å². The number of carbonyl (C=O) groups excluding carboxylic acids is 1. The second-order valence-electron chi connectivity index (χ2n) is 9.06. The van der Waals surface area contributed by atoms with Gasteiger partial charge in [-0.05, 0) is 78.2 Å². The molecule has 0 aliphatic heterocycles. The SMILES string of the molecule is CCN(c1cc(Cl)cc(C(=O)NCc2c(C)n(C)[nH]c2=O)c1C)C1CCC(N(C)C)CC1. The molecule has 2 aromatic rings. The van der Waals surface area contributed by atoms with Crippen molar-refractivity contribution in [3.05, 3.63) is 49.9 Å². The van der Waals surface area contributed by atoms with E-state index in [1.807, 2.05) is 19.9 Å². The standard InChI is InChI=1S/C24H36ClN5O2/c1-7-30(19-10-8-18(9-11-19)28(4)5)22-13-17(25)12-20(15(22)2)23(31)26-14-21-16(3)29(6)27-24(21)32/h12-13,18-19H,7-11,14H2,1-6H3,(H,26,31)(H,27,32). The van der Waals surface area contributed by atoms with Crippen molar-refractivity contribution in [2.45, 2.75) is 65.1 Å². The average molecular weight is 462 g/mol. The molecule has 3 rings (SSSR count). The summed E-state index contributed by atoms with van der Waals surface area (Å²) in [5.41, 5.74) is 3.68. The number of carbonyl (C=O) groups is 1. The molecule has 1 heterocycles. The third-order valence-corrected chi connectivity index (χ3v) is 7.20. The van der Waals surface area contributed by atoms with Crippen molar-refractivity contribution in [2.24, 2.45) is 7.05 Å². The van der Waals surface area contributed by atoms with E-state index >= 15 is 0 Å². The monoisotopic (exact) mass is 461 g/mol. The minimum atomic E-state index is -0.221. The number of H-pyrrole nitrogens is 1. The first-order valence-corrected chi connectivity index (χ1v) is 11.8. The van der Waals surface area contributed by atoms with Crippen molar-refractivity contribution in [3.63, 3.8) is 0 Å². The largest absolute Gasteiger partial charge is 0.369 e. The summed E-state index contributed by atoms with van der Waals surface area (Å²) in [5, 5.41) is 6.17. The zero-order chi connectivity index (χ0) is 23.6. The van der Waals surface area contributed by atoms with E-state index in [9.17, 15) is 9.59 Å². The summed E-state index contributed by atoms with van der Waals surface area (Å²) in [5.74, 6) is -0.221. The maximum Gasteiger partial charge on any atom is 0.269 e. The van der Waals surface area contributed by atoms with Crippen molar-refractivity contribution < 1.29 is 4.79 Å². The van der Waals surface area contributed by atoms with E-state index < -0.39 is 0 Å². The first kappa shape index (κ1) is 24.4. The van der Waals surface area contributed by atoms with Crippen molar-refractivity contribution in [3.8, 4) is 0 Å². The summed E-state index contributed by atoms with van der Waals surface area (Å²) in [7, 11) is 6.08. The Morgan fingerprint density at radius 1 is 1.19 bits per heavy atom. The molecule has 1 aromatic heterocycles. The van der Waals surface area contributed by atoms with Crippen molar-refractivity contribution in [1.29, 1.82) is 0 Å². The molecule has 7 nitrogen and oxygen atoms in total. The van der Waals surface area contributed by atoms with Gasteiger partial charge in [0.05, 0.1) is 12.1 Å². The van der Waals surface area contributed by atoms with Crippen molar-refractivity contribution >= 4 is 23.2 Å². The van der Waals surface area contributed by atoms with Gasteiger partial charge in [0, 0.05) is 47.6 Å². The van der Waals surface area contributed by atoms with Gasteiger partial charge < -0.3 is 15.1 Å². The van der Waals surface area contributed by atoms with E-state index in [0.29, 0.717) is 28.2 Å². The van der Waals surface area contributed by atoms with E-state index in [4.69, 9.17) is 11.6 Å². The number of halogens is 1. The second kappa shape index (κ2) is 10.1. The number of rotatable bonds is 7. The zero-order valence-electron chi connectivity index (χ0n) is 20.1. The van der Waals surface area contributed by atoms with Crippen LogP contribution in [0.3, 0.4) is 0 Å². The lowest BCUT2D eigenvalue weighted by atomic mass is 9.89. The van der Waals surface area contributed by atoms with E-state index in [-0.39, 0.29) is 18.0 Å². The van der Waals surface area contributed by atoms with Crippen LogP contribution in [-0.4, -0.2) is 53.3 Å². The van der Waals surface area contributed by atoms with E-state index in [1.54, 1.807) is 17.8 Å². The van der Waals surface area contributed by atoms with E-state index in [0.717, 1.165) is 36.3 Å². The van der Waals surface area contributed by atoms with Crippen LogP contribution in [0.2, 0.25) is 5.02 Å². The molecule has 0 atom stereocenters. The van der Waals surface area contributed by atoms with Crippen LogP contribution in [0.25, 0.3) is 0 Å². The molecule has 176 valence electrons. The number of benzene rings is 1. The highest BCUT2D eigenvalue weighted by Gasteiger charge is 2.28. The zero-order valence-corrected chi connectivity index (χ0v) is 20.8. The van der Waals surface area contributed by atoms with Gasteiger partial charge in [-0.1, -0.05) is 11.6 Å². The summed E-state index contributed by atoms with van der Waals surface area (Å²) in [4.78, 5) is 29.9. The fourth-order valence-electron chi connectivity index (χ4n) is 4.85. The maximum absolute atomic E-state index is 13.1. The number of aromatic nitrogens is 2. The molecular weight excluding hydrogens is 426 g/mol. The lowest BCUT2D eigenvalue weighted by Gasteiger charge is -2.40. The molecule has 2 N–H and O–H groups in total. The Kier molecular flexibility index (Phi) is 7.72. The van der Waals surface area contributed by atoms with Gasteiger partial charge >= 0.3 is 0 Å². The molecule has 0 bridgehead atoms. The predicted octanol–water partition coefficient (Wildman–Crippen LogP) is 3.61. The second-order valence-corrected chi connectivity index (χ2v) is 9.49. The van der Waals surface area contributed by atoms with Crippen LogP contribution in [0.15, 0.2) is 16.9 Å². The van der Waals surface area contributed by atoms with Crippen LogP contribution in [0.4, 0.5) is 5.69 Å². The molecule has 0 radical (unpaired) electrons. The number of hydrogen-bond donors (Lipinski definition) is 2. The molecule has 1 saturated carbocycles. The fraction of sp³-hybridized carbons (Fsp3) is 0.583. The molecule has 8 heteroatoms. The molecule has 32 heavy (non-hydrogen) atoms. The maximum atomic E-state index is 13.1. The predicted molar refractivity (Wildman–Crippen MR) is 131 cm³/mol. The number of nitrogens with zero attached hydrogens (tertiary/aromatic N) is 3. The Bertz CT molecular complexity index is 1020. The third kappa shape index (κ3) is 5.04. The molecule has 1 aromatic carbocycles. The van der Waals surface area contributed by atoms with Gasteiger partial charge in [0.25, 0.3) is 11.5 Å². The van der Waals surface area contributed by atoms with Gasteiger partial charge in [0.15, 0.2) is 0 Å². The third-order valence-electron chi connectivity index (χ3n) is 6.99. The minimum Gasteiger partial charge on any atom is -0.369 e. The van der Waals surface area contributed by atoms with Gasteiger partial charge in [0.1, 0.15) is 0 Å². The summed E-state index contributed by atoms with van der Waals surface area (Å²) < 4.78 is 1.66. The Hall–Kier alpha value is -2.25. The topological polar surface area (TPSA) is 73.4 Å². The molecule has 1 aliphatic carbocycles. The van der Waals surface area contributed by atoms with Crippen molar-refractivity contribution in [2.75, 3.05) is 25.5 Å². The Morgan fingerprint density at radius 2 is 1.81 bits per heavy atom. The molecule has 1 fully saturated rings. The summed E-state index contributed by atoms with van der Waals surface area (Å²) in [6.45, 7) is 7.02. The highest BCUT2D eigenvalue weighted by atomic mass is 35.5. The number of amides is 1. The van der Waals surface area contributed by atoms with Crippen LogP contribution >= 0.6 is 11.6 Å². The summed E-state index contributed by atoms with van der Waals surface area (Å²) >= 11 is 6.47. The molecule has 0 saturated heterocycles. The first-order valence-electron chi connectivity index (χ1n) is 11.4. The molecule has 0 unspecified atom stereocenters. The molecule has 1 amide bonds. The van der Waals surface area contributed by atoms with Gasteiger partial charge in [-0.3, -0.25) is 19.4 Å². The summed E-state index contributed by atoms with van der Waals surface area (Å²) in [6, 6.07) is 4.77. The van der Waals surface area contributed by atoms with Crippen LogP contribution < -0.4 is 15.8 Å². The van der Waals surface area contributed by atoms with Crippen LogP contribution in [0, 0.1) is 13.8 Å². The van der Waals surface area contributed by atoms with Gasteiger partial charge in [-0.2, -0.15) is 0 Å². The Morgan fingerprint density at radius 3 is 2.34 bits per heavy atom. The van der Waals surface area contributed by atoms with Crippen LogP contribution in [-0.2, 0) is 13.6 Å². The Balaban J connectivity index is 1.81. The van der Waals surface area contributed by atoms with Gasteiger partial charge in [-0.15, -0.1) is 0 Å². The Labute approximate surface area is 195 Å². The normalized spacial score (nSPS) is 18.8. The summed E-state index contributed by atoms with van der Waals surface area (Å²) in [6.07, 6.45) is 4.60. The molecule has 0 spiro atoms. The minimum absolute atomic E-state index is 0.175. The van der Waals surface area contributed by atoms with Crippen LogP contribution in [0.5, 0.6) is 0 Å². The van der Waals surface area contributed by atoms with E-state index in [2.05, 4.69) is 41.2 Å². The number of nitrogens with one attached hydrogen (secondary N) is 2. The van der Waals surface area contributed by atoms with E-state index in [1.165, 1.54) is 12.8 Å². The fourth-order valence-corrected chi connectivity index (χ4v) is 5.07. The lowest BCUT2D eigenvalue weighted by Crippen LogP contribution is -2.42. The molecule has 1 aliphatic rings. The highest BCUT2D eigenvalue weighted by molar-refractivity contribution is 6.31. The average Bonchev–Trinajstić information content (AvgIpc) is 3.00. The smallest absolute Gasteiger partial charge is 0.269 e.